The molecule has 4 heteroatoms. The Morgan fingerprint density at radius 3 is 1.63 bits per heavy atom. The van der Waals surface area contributed by atoms with Gasteiger partial charge in [0.15, 0.2) is 0 Å². The standard InChI is InChI=1S/C15H30O4/c16-8-2-10-18-12-14-4-1-5-15(7-6-14)13-19-11-3-9-17/h14-17H,1-13H2. The topological polar surface area (TPSA) is 58.9 Å². The van der Waals surface area contributed by atoms with Gasteiger partial charge < -0.3 is 19.7 Å². The minimum Gasteiger partial charge on any atom is -0.396 e. The molecule has 0 aliphatic heterocycles. The van der Waals surface area contributed by atoms with Crippen molar-refractivity contribution in [2.45, 2.75) is 44.9 Å². The van der Waals surface area contributed by atoms with Gasteiger partial charge in [0.25, 0.3) is 0 Å². The maximum absolute atomic E-state index is 8.69. The van der Waals surface area contributed by atoms with Gasteiger partial charge in [0.1, 0.15) is 0 Å². The van der Waals surface area contributed by atoms with Crippen LogP contribution in [-0.4, -0.2) is 49.9 Å². The fourth-order valence-corrected chi connectivity index (χ4v) is 2.62. The smallest absolute Gasteiger partial charge is 0.0494 e. The van der Waals surface area contributed by atoms with E-state index in [1.165, 1.54) is 32.1 Å². The van der Waals surface area contributed by atoms with E-state index in [9.17, 15) is 0 Å². The molecule has 0 heterocycles. The molecular weight excluding hydrogens is 244 g/mol. The Morgan fingerprint density at radius 2 is 1.21 bits per heavy atom. The largest absolute Gasteiger partial charge is 0.396 e. The lowest BCUT2D eigenvalue weighted by atomic mass is 9.99. The minimum absolute atomic E-state index is 0.220. The van der Waals surface area contributed by atoms with Crippen LogP contribution < -0.4 is 0 Å². The lowest BCUT2D eigenvalue weighted by Gasteiger charge is -2.15. The summed E-state index contributed by atoms with van der Waals surface area (Å²) in [5, 5.41) is 17.4. The molecule has 0 radical (unpaired) electrons. The van der Waals surface area contributed by atoms with Crippen LogP contribution in [0.15, 0.2) is 0 Å². The third kappa shape index (κ3) is 8.58. The molecule has 0 amide bonds. The van der Waals surface area contributed by atoms with Crippen molar-refractivity contribution in [1.82, 2.24) is 0 Å². The average Bonchev–Trinajstić information content (AvgIpc) is 2.65. The Hall–Kier alpha value is -0.160. The first-order chi connectivity index (χ1) is 9.36. The summed E-state index contributed by atoms with van der Waals surface area (Å²) in [6.45, 7) is 3.49. The number of aliphatic hydroxyl groups is 2. The number of hydrogen-bond acceptors (Lipinski definition) is 4. The van der Waals surface area contributed by atoms with Crippen LogP contribution >= 0.6 is 0 Å². The third-order valence-electron chi connectivity index (χ3n) is 3.81. The highest BCUT2D eigenvalue weighted by Gasteiger charge is 2.19. The molecule has 2 atom stereocenters. The van der Waals surface area contributed by atoms with Gasteiger partial charge in [-0.1, -0.05) is 6.42 Å². The van der Waals surface area contributed by atoms with E-state index in [-0.39, 0.29) is 13.2 Å². The second-order valence-corrected chi connectivity index (χ2v) is 5.54. The predicted octanol–water partition coefficient (Wildman–Crippen LogP) is 1.98. The first kappa shape index (κ1) is 16.9. The van der Waals surface area contributed by atoms with E-state index in [2.05, 4.69) is 0 Å². The molecule has 0 saturated heterocycles. The van der Waals surface area contributed by atoms with Crippen molar-refractivity contribution in [3.8, 4) is 0 Å². The predicted molar refractivity (Wildman–Crippen MR) is 75.1 cm³/mol. The quantitative estimate of drug-likeness (QED) is 0.472. The number of rotatable bonds is 10. The molecule has 1 aliphatic carbocycles. The van der Waals surface area contributed by atoms with Crippen molar-refractivity contribution in [2.24, 2.45) is 11.8 Å². The van der Waals surface area contributed by atoms with E-state index in [1.54, 1.807) is 0 Å². The second-order valence-electron chi connectivity index (χ2n) is 5.54. The summed E-state index contributed by atoms with van der Waals surface area (Å²) in [6, 6.07) is 0. The Bertz CT molecular complexity index is 179. The van der Waals surface area contributed by atoms with Gasteiger partial charge in [-0.2, -0.15) is 0 Å². The van der Waals surface area contributed by atoms with E-state index in [0.717, 1.165) is 26.1 Å². The first-order valence-corrected chi connectivity index (χ1v) is 7.74. The first-order valence-electron chi connectivity index (χ1n) is 7.74. The Morgan fingerprint density at radius 1 is 0.737 bits per heavy atom. The molecule has 2 unspecified atom stereocenters. The van der Waals surface area contributed by atoms with Gasteiger partial charge in [0.2, 0.25) is 0 Å². The molecule has 0 spiro atoms. The Labute approximate surface area is 117 Å². The van der Waals surface area contributed by atoms with Gasteiger partial charge in [0.05, 0.1) is 0 Å². The molecule has 0 bridgehead atoms. The highest BCUT2D eigenvalue weighted by atomic mass is 16.5. The van der Waals surface area contributed by atoms with Crippen molar-refractivity contribution in [3.63, 3.8) is 0 Å². The highest BCUT2D eigenvalue weighted by Crippen LogP contribution is 2.27. The number of hydrogen-bond donors (Lipinski definition) is 2. The van der Waals surface area contributed by atoms with Gasteiger partial charge in [-0.25, -0.2) is 0 Å². The zero-order valence-corrected chi connectivity index (χ0v) is 12.1. The molecule has 2 N–H and O–H groups in total. The van der Waals surface area contributed by atoms with Crippen molar-refractivity contribution in [1.29, 1.82) is 0 Å². The lowest BCUT2D eigenvalue weighted by Crippen LogP contribution is -2.12. The van der Waals surface area contributed by atoms with Crippen LogP contribution in [0.3, 0.4) is 0 Å². The highest BCUT2D eigenvalue weighted by molar-refractivity contribution is 4.70. The SMILES string of the molecule is OCCCOCC1CCCC(COCCCO)CC1. The molecule has 1 rings (SSSR count). The number of ether oxygens (including phenoxy) is 2. The van der Waals surface area contributed by atoms with Gasteiger partial charge >= 0.3 is 0 Å². The van der Waals surface area contributed by atoms with Gasteiger partial charge in [-0.15, -0.1) is 0 Å². The minimum atomic E-state index is 0.220. The van der Waals surface area contributed by atoms with Crippen molar-refractivity contribution in [2.75, 3.05) is 39.6 Å². The molecule has 4 nitrogen and oxygen atoms in total. The summed E-state index contributed by atoms with van der Waals surface area (Å²) in [4.78, 5) is 0. The normalized spacial score (nSPS) is 24.3. The van der Waals surface area contributed by atoms with Crippen molar-refractivity contribution < 1.29 is 19.7 Å². The third-order valence-corrected chi connectivity index (χ3v) is 3.81. The molecule has 114 valence electrons. The average molecular weight is 274 g/mol. The Balaban J connectivity index is 2.06. The van der Waals surface area contributed by atoms with E-state index < -0.39 is 0 Å². The molecule has 1 fully saturated rings. The maximum atomic E-state index is 8.69. The molecule has 0 aromatic rings. The fourth-order valence-electron chi connectivity index (χ4n) is 2.62. The van der Waals surface area contributed by atoms with Gasteiger partial charge in [-0.05, 0) is 50.4 Å². The fraction of sp³-hybridized carbons (Fsp3) is 1.00. The molecule has 0 aromatic carbocycles. The molecule has 1 saturated carbocycles. The van der Waals surface area contributed by atoms with Crippen LogP contribution in [0.5, 0.6) is 0 Å². The lowest BCUT2D eigenvalue weighted by molar-refractivity contribution is 0.0742. The van der Waals surface area contributed by atoms with Crippen molar-refractivity contribution in [3.05, 3.63) is 0 Å². The summed E-state index contributed by atoms with van der Waals surface area (Å²) in [6.07, 6.45) is 7.73. The van der Waals surface area contributed by atoms with Crippen LogP contribution in [0.1, 0.15) is 44.9 Å². The van der Waals surface area contributed by atoms with Crippen LogP contribution in [0.2, 0.25) is 0 Å². The number of aliphatic hydroxyl groups excluding tert-OH is 2. The zero-order chi connectivity index (χ0) is 13.8. The summed E-state index contributed by atoms with van der Waals surface area (Å²) in [7, 11) is 0. The monoisotopic (exact) mass is 274 g/mol. The van der Waals surface area contributed by atoms with Crippen LogP contribution in [-0.2, 0) is 9.47 Å². The molecular formula is C15H30O4. The molecule has 19 heavy (non-hydrogen) atoms. The maximum Gasteiger partial charge on any atom is 0.0494 e. The van der Waals surface area contributed by atoms with E-state index in [0.29, 0.717) is 25.0 Å². The van der Waals surface area contributed by atoms with Crippen LogP contribution in [0.4, 0.5) is 0 Å². The van der Waals surface area contributed by atoms with E-state index >= 15 is 0 Å². The van der Waals surface area contributed by atoms with Crippen LogP contribution in [0, 0.1) is 11.8 Å². The Kier molecular flexibility index (Phi) is 10.4. The summed E-state index contributed by atoms with van der Waals surface area (Å²) in [5.41, 5.74) is 0. The van der Waals surface area contributed by atoms with Gasteiger partial charge in [0, 0.05) is 39.6 Å². The summed E-state index contributed by atoms with van der Waals surface area (Å²) >= 11 is 0. The zero-order valence-electron chi connectivity index (χ0n) is 12.1. The summed E-state index contributed by atoms with van der Waals surface area (Å²) in [5.74, 6) is 1.36. The second kappa shape index (κ2) is 11.6. The van der Waals surface area contributed by atoms with E-state index in [4.69, 9.17) is 19.7 Å². The van der Waals surface area contributed by atoms with Crippen molar-refractivity contribution >= 4 is 0 Å². The van der Waals surface area contributed by atoms with E-state index in [1.807, 2.05) is 0 Å². The molecule has 1 aliphatic rings. The molecule has 0 aromatic heterocycles. The summed E-state index contributed by atoms with van der Waals surface area (Å²) < 4.78 is 11.2. The van der Waals surface area contributed by atoms with Crippen LogP contribution in [0.25, 0.3) is 0 Å². The van der Waals surface area contributed by atoms with Gasteiger partial charge in [-0.3, -0.25) is 0 Å².